The third-order valence-corrected chi connectivity index (χ3v) is 11.0. The summed E-state index contributed by atoms with van der Waals surface area (Å²) in [4.78, 5) is 15.4. The molecule has 11 rings (SSSR count). The van der Waals surface area contributed by atoms with Crippen LogP contribution in [0.4, 0.5) is 0 Å². The third kappa shape index (κ3) is 5.92. The van der Waals surface area contributed by atoms with Crippen LogP contribution >= 0.6 is 0 Å². The average Bonchev–Trinajstić information content (AvgIpc) is 3.61. The molecular weight excluding hydrogens is 693 g/mol. The summed E-state index contributed by atoms with van der Waals surface area (Å²) in [6.45, 7) is 0. The number of para-hydroxylation sites is 1. The van der Waals surface area contributed by atoms with Crippen LogP contribution in [0.15, 0.2) is 206 Å². The van der Waals surface area contributed by atoms with Crippen molar-refractivity contribution in [2.75, 3.05) is 0 Å². The van der Waals surface area contributed by atoms with Gasteiger partial charge in [0.05, 0.1) is 11.0 Å². The van der Waals surface area contributed by atoms with Gasteiger partial charge in [0.1, 0.15) is 0 Å². The maximum Gasteiger partial charge on any atom is 0.164 e. The van der Waals surface area contributed by atoms with E-state index in [4.69, 9.17) is 15.0 Å². The van der Waals surface area contributed by atoms with E-state index in [0.29, 0.717) is 17.5 Å². The molecule has 11 aromatic rings. The molecule has 57 heavy (non-hydrogen) atoms. The summed E-state index contributed by atoms with van der Waals surface area (Å²) in [6, 6.07) is 72.9. The fraction of sp³-hybridized carbons (Fsp3) is 0. The second kappa shape index (κ2) is 13.6. The molecule has 0 aliphatic carbocycles. The number of benzene rings is 9. The van der Waals surface area contributed by atoms with Crippen LogP contribution < -0.4 is 0 Å². The fourth-order valence-corrected chi connectivity index (χ4v) is 8.14. The molecule has 0 radical (unpaired) electrons. The summed E-state index contributed by atoms with van der Waals surface area (Å²) in [7, 11) is 0. The minimum Gasteiger partial charge on any atom is -0.309 e. The number of nitrogens with zero attached hydrogens (tertiary/aromatic N) is 4. The van der Waals surface area contributed by atoms with Crippen molar-refractivity contribution >= 4 is 43.4 Å². The maximum atomic E-state index is 5.15. The molecule has 9 aromatic carbocycles. The molecule has 0 atom stereocenters. The van der Waals surface area contributed by atoms with Gasteiger partial charge < -0.3 is 4.57 Å². The highest BCUT2D eigenvalue weighted by Gasteiger charge is 2.16. The van der Waals surface area contributed by atoms with E-state index in [0.717, 1.165) is 55.4 Å². The van der Waals surface area contributed by atoms with E-state index in [1.54, 1.807) is 0 Å². The van der Waals surface area contributed by atoms with E-state index in [1.807, 2.05) is 12.1 Å². The van der Waals surface area contributed by atoms with Crippen molar-refractivity contribution in [3.05, 3.63) is 206 Å². The van der Waals surface area contributed by atoms with E-state index in [-0.39, 0.29) is 0 Å². The molecule has 0 N–H and O–H groups in total. The SMILES string of the molecule is c1ccc(-c2cccc(-c3nc(-c4cccc(-c5ccccc5)c4)nc(-c4ccc5cc(-n6c7ccccc7c7cc8ccccc8cc76)ccc5c4)n3)c2)cc1. The predicted octanol–water partition coefficient (Wildman–Crippen LogP) is 13.6. The Morgan fingerprint density at radius 1 is 0.263 bits per heavy atom. The van der Waals surface area contributed by atoms with Gasteiger partial charge in [-0.1, -0.05) is 158 Å². The summed E-state index contributed by atoms with van der Waals surface area (Å²) in [5.74, 6) is 1.89. The highest BCUT2D eigenvalue weighted by Crippen LogP contribution is 2.36. The second-order valence-electron chi connectivity index (χ2n) is 14.5. The molecular formula is C53H34N4. The van der Waals surface area contributed by atoms with Crippen LogP contribution in [0.2, 0.25) is 0 Å². The van der Waals surface area contributed by atoms with E-state index < -0.39 is 0 Å². The Bertz CT molecular complexity index is 3190. The molecule has 0 fully saturated rings. The van der Waals surface area contributed by atoms with Crippen molar-refractivity contribution in [2.24, 2.45) is 0 Å². The van der Waals surface area contributed by atoms with E-state index >= 15 is 0 Å². The van der Waals surface area contributed by atoms with Gasteiger partial charge in [-0.05, 0) is 92.3 Å². The number of hydrogen-bond acceptors (Lipinski definition) is 3. The minimum absolute atomic E-state index is 0.630. The van der Waals surface area contributed by atoms with Crippen LogP contribution in [0.25, 0.3) is 105 Å². The number of hydrogen-bond donors (Lipinski definition) is 0. The van der Waals surface area contributed by atoms with Gasteiger partial charge in [-0.3, -0.25) is 0 Å². The van der Waals surface area contributed by atoms with Crippen LogP contribution in [0.1, 0.15) is 0 Å². The van der Waals surface area contributed by atoms with Crippen molar-refractivity contribution in [3.8, 4) is 62.1 Å². The monoisotopic (exact) mass is 726 g/mol. The molecule has 266 valence electrons. The van der Waals surface area contributed by atoms with E-state index in [2.05, 4.69) is 199 Å². The summed E-state index contributed by atoms with van der Waals surface area (Å²) in [5, 5.41) is 7.24. The second-order valence-corrected chi connectivity index (χ2v) is 14.5. The van der Waals surface area contributed by atoms with Crippen LogP contribution in [0, 0.1) is 0 Å². The van der Waals surface area contributed by atoms with Gasteiger partial charge in [0.15, 0.2) is 17.5 Å². The fourth-order valence-electron chi connectivity index (χ4n) is 8.14. The normalized spacial score (nSPS) is 11.5. The molecule has 2 aromatic heterocycles. The van der Waals surface area contributed by atoms with Crippen molar-refractivity contribution in [2.45, 2.75) is 0 Å². The molecule has 2 heterocycles. The maximum absolute atomic E-state index is 5.15. The Labute approximate surface area is 330 Å². The Kier molecular flexibility index (Phi) is 7.78. The first-order valence-electron chi connectivity index (χ1n) is 19.3. The predicted molar refractivity (Wildman–Crippen MR) is 236 cm³/mol. The third-order valence-electron chi connectivity index (χ3n) is 11.0. The topological polar surface area (TPSA) is 43.6 Å². The van der Waals surface area contributed by atoms with Gasteiger partial charge >= 0.3 is 0 Å². The first kappa shape index (κ1) is 32.7. The summed E-state index contributed by atoms with van der Waals surface area (Å²) >= 11 is 0. The highest BCUT2D eigenvalue weighted by molar-refractivity contribution is 6.13. The van der Waals surface area contributed by atoms with Crippen LogP contribution in [-0.2, 0) is 0 Å². The van der Waals surface area contributed by atoms with Crippen LogP contribution in [0.3, 0.4) is 0 Å². The van der Waals surface area contributed by atoms with Gasteiger partial charge in [-0.2, -0.15) is 0 Å². The lowest BCUT2D eigenvalue weighted by Crippen LogP contribution is -2.00. The molecule has 0 saturated heterocycles. The Balaban J connectivity index is 1.04. The summed E-state index contributed by atoms with van der Waals surface area (Å²) < 4.78 is 2.39. The van der Waals surface area contributed by atoms with Gasteiger partial charge in [-0.25, -0.2) is 15.0 Å². The molecule has 0 aliphatic rings. The smallest absolute Gasteiger partial charge is 0.164 e. The van der Waals surface area contributed by atoms with Crippen molar-refractivity contribution < 1.29 is 0 Å². The number of rotatable bonds is 6. The number of aromatic nitrogens is 4. The lowest BCUT2D eigenvalue weighted by molar-refractivity contribution is 1.07. The van der Waals surface area contributed by atoms with E-state index in [1.165, 1.54) is 32.6 Å². The Hall–Kier alpha value is -7.69. The zero-order chi connectivity index (χ0) is 37.7. The van der Waals surface area contributed by atoms with Gasteiger partial charge in [0.2, 0.25) is 0 Å². The van der Waals surface area contributed by atoms with Gasteiger partial charge in [0, 0.05) is 33.2 Å². The van der Waals surface area contributed by atoms with Crippen LogP contribution in [0.5, 0.6) is 0 Å². The van der Waals surface area contributed by atoms with Gasteiger partial charge in [-0.15, -0.1) is 0 Å². The van der Waals surface area contributed by atoms with Crippen molar-refractivity contribution in [1.82, 2.24) is 19.5 Å². The molecule has 4 nitrogen and oxygen atoms in total. The van der Waals surface area contributed by atoms with Crippen LogP contribution in [-0.4, -0.2) is 19.5 Å². The molecule has 0 spiro atoms. The minimum atomic E-state index is 0.630. The molecule has 0 unspecified atom stereocenters. The average molecular weight is 727 g/mol. The highest BCUT2D eigenvalue weighted by atomic mass is 15.0. The Morgan fingerprint density at radius 2 is 0.737 bits per heavy atom. The molecule has 0 aliphatic heterocycles. The first-order valence-corrected chi connectivity index (χ1v) is 19.3. The zero-order valence-electron chi connectivity index (χ0n) is 30.9. The zero-order valence-corrected chi connectivity index (χ0v) is 30.9. The standard InChI is InChI=1S/C53H34N4/c1-3-13-35(14-4-1)37-19-11-21-43(29-37)51-54-52(44-22-12-20-38(30-44)36-15-5-2-6-16-36)56-53(55-51)45-26-25-42-32-46(28-27-41(42)31-45)57-49-24-10-9-23-47(49)48-33-39-17-7-8-18-40(39)34-50(48)57/h1-34H. The van der Waals surface area contributed by atoms with Crippen molar-refractivity contribution in [1.29, 1.82) is 0 Å². The molecule has 0 amide bonds. The Morgan fingerprint density at radius 3 is 1.39 bits per heavy atom. The largest absolute Gasteiger partial charge is 0.309 e. The summed E-state index contributed by atoms with van der Waals surface area (Å²) in [5.41, 5.74) is 10.8. The first-order chi connectivity index (χ1) is 28.2. The summed E-state index contributed by atoms with van der Waals surface area (Å²) in [6.07, 6.45) is 0. The molecule has 0 bridgehead atoms. The lowest BCUT2D eigenvalue weighted by Gasteiger charge is -2.12. The van der Waals surface area contributed by atoms with Gasteiger partial charge in [0.25, 0.3) is 0 Å². The molecule has 0 saturated carbocycles. The quantitative estimate of drug-likeness (QED) is 0.171. The number of fused-ring (bicyclic) bond motifs is 5. The lowest BCUT2D eigenvalue weighted by atomic mass is 10.0. The molecule has 4 heteroatoms. The van der Waals surface area contributed by atoms with E-state index in [9.17, 15) is 0 Å². The van der Waals surface area contributed by atoms with Crippen molar-refractivity contribution in [3.63, 3.8) is 0 Å².